The van der Waals surface area contributed by atoms with Gasteiger partial charge in [-0.2, -0.15) is 0 Å². The quantitative estimate of drug-likeness (QED) is 0.252. The lowest BCUT2D eigenvalue weighted by Gasteiger charge is -2.39. The molecule has 3 fully saturated rings. The number of nitrogens with one attached hydrogen (secondary N) is 3. The van der Waals surface area contributed by atoms with Gasteiger partial charge in [0.15, 0.2) is 9.84 Å². The minimum Gasteiger partial charge on any atom is -0.369 e. The van der Waals surface area contributed by atoms with Crippen LogP contribution in [0.15, 0.2) is 0 Å². The van der Waals surface area contributed by atoms with Gasteiger partial charge in [0, 0.05) is 18.6 Å². The number of hydrogen-bond acceptors (Lipinski definition) is 6. The van der Waals surface area contributed by atoms with Crippen molar-refractivity contribution in [2.75, 3.05) is 12.3 Å². The van der Waals surface area contributed by atoms with Gasteiger partial charge in [0.2, 0.25) is 17.7 Å². The van der Waals surface area contributed by atoms with Crippen LogP contribution >= 0.6 is 0 Å². The molecule has 258 valence electrons. The molecule has 1 aliphatic heterocycles. The number of nitrogens with zero attached hydrogens (tertiary/aromatic N) is 1. The van der Waals surface area contributed by atoms with Crippen molar-refractivity contribution in [2.24, 2.45) is 46.2 Å². The van der Waals surface area contributed by atoms with Gasteiger partial charge in [-0.15, -0.1) is 0 Å². The van der Waals surface area contributed by atoms with Crippen molar-refractivity contribution in [1.29, 1.82) is 0 Å². The van der Waals surface area contributed by atoms with Crippen molar-refractivity contribution in [1.82, 2.24) is 20.9 Å². The number of rotatable bonds is 12. The largest absolute Gasteiger partial charge is 0.369 e. The molecule has 45 heavy (non-hydrogen) atoms. The monoisotopic (exact) mass is 653 g/mol. The maximum atomic E-state index is 14.3. The summed E-state index contributed by atoms with van der Waals surface area (Å²) in [5, 5.41) is 8.77. The van der Waals surface area contributed by atoms with E-state index < -0.39 is 62.0 Å². The number of likely N-dealkylation sites (tertiary alicyclic amines) is 1. The predicted octanol–water partition coefficient (Wildman–Crippen LogP) is 3.22. The summed E-state index contributed by atoms with van der Waals surface area (Å²) < 4.78 is 24.9. The molecule has 2 aliphatic carbocycles. The van der Waals surface area contributed by atoms with E-state index in [1.807, 2.05) is 34.6 Å². The fraction of sp³-hybridized carbons (Fsp3) is 0.879. The minimum atomic E-state index is -3.52. The van der Waals surface area contributed by atoms with Crippen LogP contribution in [0.3, 0.4) is 0 Å². The second-order valence-electron chi connectivity index (χ2n) is 16.9. The molecule has 0 aromatic rings. The molecule has 2 saturated carbocycles. The molecule has 0 aromatic heterocycles. The maximum absolute atomic E-state index is 14.3. The molecular weight excluding hydrogens is 594 g/mol. The zero-order valence-electron chi connectivity index (χ0n) is 29.3. The van der Waals surface area contributed by atoms with Gasteiger partial charge in [-0.3, -0.25) is 14.4 Å². The lowest BCUT2D eigenvalue weighted by molar-refractivity contribution is -0.144. The molecule has 5 N–H and O–H groups in total. The smallest absolute Gasteiger partial charge is 0.315 e. The first kappa shape index (κ1) is 37.1. The van der Waals surface area contributed by atoms with E-state index >= 15 is 0 Å². The number of primary amides is 1. The first-order valence-electron chi connectivity index (χ1n) is 16.6. The molecule has 3 aliphatic rings. The second-order valence-corrected chi connectivity index (χ2v) is 19.7. The Kier molecular flexibility index (Phi) is 10.7. The van der Waals surface area contributed by atoms with Crippen LogP contribution in [0.4, 0.5) is 4.79 Å². The molecule has 7 atom stereocenters. The molecule has 12 heteroatoms. The van der Waals surface area contributed by atoms with Crippen LogP contribution in [0.2, 0.25) is 0 Å². The fourth-order valence-corrected chi connectivity index (χ4v) is 8.24. The molecule has 1 heterocycles. The van der Waals surface area contributed by atoms with E-state index in [-0.39, 0.29) is 40.7 Å². The Balaban J connectivity index is 1.82. The van der Waals surface area contributed by atoms with E-state index in [1.54, 1.807) is 32.6 Å². The number of fused-ring (bicyclic) bond motifs is 1. The summed E-state index contributed by atoms with van der Waals surface area (Å²) in [6, 6.07) is -3.43. The van der Waals surface area contributed by atoms with Crippen molar-refractivity contribution in [2.45, 2.75) is 131 Å². The summed E-state index contributed by atoms with van der Waals surface area (Å²) in [5.41, 5.74) is 4.83. The summed E-state index contributed by atoms with van der Waals surface area (Å²) in [7, 11) is -3.52. The molecule has 1 saturated heterocycles. The number of nitrogens with two attached hydrogens (primary N) is 1. The van der Waals surface area contributed by atoms with Crippen LogP contribution in [-0.2, 0) is 24.2 Å². The van der Waals surface area contributed by atoms with Crippen LogP contribution in [0.5, 0.6) is 0 Å². The second kappa shape index (κ2) is 13.0. The third-order valence-corrected chi connectivity index (χ3v) is 13.5. The zero-order chi connectivity index (χ0) is 34.4. The molecule has 5 unspecified atom stereocenters. The van der Waals surface area contributed by atoms with Crippen molar-refractivity contribution < 1.29 is 27.6 Å². The van der Waals surface area contributed by atoms with Crippen molar-refractivity contribution in [3.63, 3.8) is 0 Å². The van der Waals surface area contributed by atoms with Gasteiger partial charge in [-0.05, 0) is 61.7 Å². The molecule has 0 aromatic carbocycles. The Morgan fingerprint density at radius 2 is 1.51 bits per heavy atom. The SMILES string of the molecule is CC(C(N)=O)C(CC1CCC1)NC(=O)C1C2C(CN1C(=O)[C@@H](NC(=O)N[C@H](CS(=O)(=O)C(C)(C)C)C(C)C)C(C)(C)C)C2(C)C. The summed E-state index contributed by atoms with van der Waals surface area (Å²) in [4.78, 5) is 55.4. The predicted molar refractivity (Wildman–Crippen MR) is 176 cm³/mol. The molecule has 3 rings (SSSR count). The van der Waals surface area contributed by atoms with Gasteiger partial charge in [-0.1, -0.05) is 74.7 Å². The van der Waals surface area contributed by atoms with E-state index in [4.69, 9.17) is 5.73 Å². The Hall–Kier alpha value is -2.37. The number of urea groups is 1. The van der Waals surface area contributed by atoms with E-state index in [1.165, 1.54) is 0 Å². The first-order valence-corrected chi connectivity index (χ1v) is 18.2. The molecule has 11 nitrogen and oxygen atoms in total. The van der Waals surface area contributed by atoms with Gasteiger partial charge in [0.05, 0.1) is 16.4 Å². The third-order valence-electron chi connectivity index (χ3n) is 10.8. The van der Waals surface area contributed by atoms with Crippen molar-refractivity contribution >= 4 is 33.6 Å². The van der Waals surface area contributed by atoms with Gasteiger partial charge < -0.3 is 26.6 Å². The molecule has 0 radical (unpaired) electrons. The number of carbonyl (C=O) groups excluding carboxylic acids is 4. The Morgan fingerprint density at radius 1 is 0.933 bits per heavy atom. The Bertz CT molecular complexity index is 1250. The maximum Gasteiger partial charge on any atom is 0.315 e. The first-order chi connectivity index (χ1) is 20.4. The van der Waals surface area contributed by atoms with Crippen LogP contribution in [0, 0.1) is 40.4 Å². The van der Waals surface area contributed by atoms with Gasteiger partial charge in [0.1, 0.15) is 12.1 Å². The highest BCUT2D eigenvalue weighted by atomic mass is 32.2. The fourth-order valence-electron chi connectivity index (χ4n) is 6.80. The van der Waals surface area contributed by atoms with Crippen molar-refractivity contribution in [3.8, 4) is 0 Å². The number of carbonyl (C=O) groups is 4. The van der Waals surface area contributed by atoms with Crippen LogP contribution in [-0.4, -0.2) is 78.3 Å². The number of hydrogen-bond donors (Lipinski definition) is 4. The zero-order valence-corrected chi connectivity index (χ0v) is 30.1. The number of piperidine rings is 1. The standard InChI is InChI=1S/C33H59N5O6S/c1-18(2)23(17-45(43,44)32(7,8)9)36-30(42)37-26(31(4,5)6)29(41)38-16-21-24(33(21,10)11)25(38)28(40)35-22(19(3)27(34)39)15-20-13-12-14-20/h18-26H,12-17H2,1-11H3,(H2,34,39)(H,35,40)(H2,36,37,42)/t19?,21?,22?,23-,24?,25?,26-/m1/s1. The molecule has 0 spiro atoms. The minimum absolute atomic E-state index is 0.0444. The Labute approximate surface area is 270 Å². The lowest BCUT2D eigenvalue weighted by Crippen LogP contribution is -2.62. The number of sulfone groups is 1. The summed E-state index contributed by atoms with van der Waals surface area (Å²) in [6.07, 6.45) is 3.93. The summed E-state index contributed by atoms with van der Waals surface area (Å²) >= 11 is 0. The lowest BCUT2D eigenvalue weighted by atomic mass is 9.78. The van der Waals surface area contributed by atoms with Gasteiger partial charge in [0.25, 0.3) is 0 Å². The molecular formula is C33H59N5O6S. The van der Waals surface area contributed by atoms with Gasteiger partial charge >= 0.3 is 6.03 Å². The third kappa shape index (κ3) is 8.14. The van der Waals surface area contributed by atoms with E-state index in [0.29, 0.717) is 18.9 Å². The van der Waals surface area contributed by atoms with Gasteiger partial charge in [-0.25, -0.2) is 13.2 Å². The van der Waals surface area contributed by atoms with Crippen LogP contribution < -0.4 is 21.7 Å². The highest BCUT2D eigenvalue weighted by Crippen LogP contribution is 2.65. The van der Waals surface area contributed by atoms with E-state index in [2.05, 4.69) is 29.8 Å². The van der Waals surface area contributed by atoms with E-state index in [0.717, 1.165) is 19.3 Å². The normalized spacial score (nSPS) is 25.8. The van der Waals surface area contributed by atoms with Crippen molar-refractivity contribution in [3.05, 3.63) is 0 Å². The topological polar surface area (TPSA) is 168 Å². The highest BCUT2D eigenvalue weighted by Gasteiger charge is 2.70. The highest BCUT2D eigenvalue weighted by molar-refractivity contribution is 7.92. The molecule has 0 bridgehead atoms. The summed E-state index contributed by atoms with van der Waals surface area (Å²) in [5.74, 6) is -1.54. The average Bonchev–Trinajstić information content (AvgIpc) is 3.19. The Morgan fingerprint density at radius 3 is 1.96 bits per heavy atom. The van der Waals surface area contributed by atoms with Crippen LogP contribution in [0.1, 0.15) is 102 Å². The average molecular weight is 654 g/mol. The van der Waals surface area contributed by atoms with Crippen LogP contribution in [0.25, 0.3) is 0 Å². The van der Waals surface area contributed by atoms with E-state index in [9.17, 15) is 27.6 Å². The molecule has 5 amide bonds. The summed E-state index contributed by atoms with van der Waals surface area (Å²) in [6.45, 7) is 20.5. The number of amides is 5.